The minimum Gasteiger partial charge on any atom is -0.482 e. The van der Waals surface area contributed by atoms with Crippen LogP contribution < -0.4 is 10.1 Å². The van der Waals surface area contributed by atoms with Crippen LogP contribution in [0.1, 0.15) is 20.3 Å². The van der Waals surface area contributed by atoms with Crippen LogP contribution in [0.2, 0.25) is 5.02 Å². The van der Waals surface area contributed by atoms with Crippen molar-refractivity contribution in [2.45, 2.75) is 25.2 Å². The Labute approximate surface area is 169 Å². The van der Waals surface area contributed by atoms with Gasteiger partial charge in [0.2, 0.25) is 15.9 Å². The molecule has 8 nitrogen and oxygen atoms in total. The first-order valence-corrected chi connectivity index (χ1v) is 10.9. The average molecular weight is 430 g/mol. The molecule has 2 aliphatic rings. The fourth-order valence-corrected chi connectivity index (χ4v) is 5.32. The van der Waals surface area contributed by atoms with Crippen molar-refractivity contribution in [3.63, 3.8) is 0 Å². The Morgan fingerprint density at radius 3 is 2.61 bits per heavy atom. The second-order valence-electron chi connectivity index (χ2n) is 7.62. The smallest absolute Gasteiger partial charge is 0.262 e. The number of hydrogen-bond acceptors (Lipinski definition) is 5. The maximum absolute atomic E-state index is 13.0. The Bertz CT molecular complexity index is 895. The first-order valence-electron chi connectivity index (χ1n) is 9.08. The van der Waals surface area contributed by atoms with Crippen LogP contribution in [0.4, 0.5) is 5.69 Å². The number of likely N-dealkylation sites (N-methyl/N-ethyl adjacent to an activating group) is 1. The van der Waals surface area contributed by atoms with Gasteiger partial charge in [0.15, 0.2) is 6.61 Å². The Morgan fingerprint density at radius 1 is 1.32 bits per heavy atom. The van der Waals surface area contributed by atoms with Crippen LogP contribution in [-0.2, 0) is 19.6 Å². The summed E-state index contributed by atoms with van der Waals surface area (Å²) in [6.45, 7) is 4.96. The topological polar surface area (TPSA) is 96.0 Å². The lowest BCUT2D eigenvalue weighted by atomic mass is 9.92. The van der Waals surface area contributed by atoms with E-state index in [1.807, 2.05) is 0 Å². The molecular weight excluding hydrogens is 406 g/mol. The lowest BCUT2D eigenvalue weighted by Crippen LogP contribution is -2.47. The Balaban J connectivity index is 1.79. The van der Waals surface area contributed by atoms with Gasteiger partial charge in [-0.1, -0.05) is 25.4 Å². The van der Waals surface area contributed by atoms with E-state index in [2.05, 4.69) is 19.2 Å². The molecule has 154 valence electrons. The number of nitrogens with zero attached hydrogens (tertiary/aromatic N) is 2. The fourth-order valence-electron chi connectivity index (χ4n) is 3.69. The minimum absolute atomic E-state index is 0.0518. The lowest BCUT2D eigenvalue weighted by Gasteiger charge is -2.35. The Kier molecular flexibility index (Phi) is 5.88. The summed E-state index contributed by atoms with van der Waals surface area (Å²) in [6, 6.07) is 2.61. The number of fused-ring (bicyclic) bond motifs is 1. The van der Waals surface area contributed by atoms with Crippen molar-refractivity contribution in [3.05, 3.63) is 17.2 Å². The molecule has 0 unspecified atom stereocenters. The molecule has 1 saturated heterocycles. The van der Waals surface area contributed by atoms with E-state index < -0.39 is 10.0 Å². The van der Waals surface area contributed by atoms with Crippen LogP contribution >= 0.6 is 11.6 Å². The zero-order valence-electron chi connectivity index (χ0n) is 16.1. The van der Waals surface area contributed by atoms with E-state index in [1.165, 1.54) is 19.2 Å². The SMILES string of the molecule is C[C@@H]1C[C@@H](C)CN(C(=O)CN(C)S(=O)(=O)c2cc3c(cc2Cl)NC(=O)CO3)C1. The highest BCUT2D eigenvalue weighted by molar-refractivity contribution is 7.89. The van der Waals surface area contributed by atoms with Gasteiger partial charge in [0.1, 0.15) is 10.6 Å². The zero-order valence-corrected chi connectivity index (χ0v) is 17.6. The molecule has 0 aromatic heterocycles. The maximum Gasteiger partial charge on any atom is 0.262 e. The normalized spacial score (nSPS) is 22.5. The van der Waals surface area contributed by atoms with Gasteiger partial charge in [-0.2, -0.15) is 4.31 Å². The molecule has 2 atom stereocenters. The van der Waals surface area contributed by atoms with Crippen molar-refractivity contribution in [1.82, 2.24) is 9.21 Å². The van der Waals surface area contributed by atoms with Gasteiger partial charge in [0.05, 0.1) is 17.3 Å². The third kappa shape index (κ3) is 4.26. The molecule has 10 heteroatoms. The Morgan fingerprint density at radius 2 is 1.96 bits per heavy atom. The van der Waals surface area contributed by atoms with Gasteiger partial charge < -0.3 is 15.0 Å². The molecule has 1 N–H and O–H groups in total. The number of rotatable bonds is 4. The van der Waals surface area contributed by atoms with E-state index in [9.17, 15) is 18.0 Å². The summed E-state index contributed by atoms with van der Waals surface area (Å²) >= 11 is 6.15. The number of sulfonamides is 1. The van der Waals surface area contributed by atoms with E-state index >= 15 is 0 Å². The van der Waals surface area contributed by atoms with Gasteiger partial charge >= 0.3 is 0 Å². The summed E-state index contributed by atoms with van der Waals surface area (Å²) in [5.74, 6) is 0.420. The molecule has 2 amide bonds. The lowest BCUT2D eigenvalue weighted by molar-refractivity contribution is -0.133. The van der Waals surface area contributed by atoms with E-state index in [0.29, 0.717) is 30.6 Å². The maximum atomic E-state index is 13.0. The molecule has 2 heterocycles. The second kappa shape index (κ2) is 7.88. The summed E-state index contributed by atoms with van der Waals surface area (Å²) < 4.78 is 32.2. The summed E-state index contributed by atoms with van der Waals surface area (Å²) in [5.41, 5.74) is 0.315. The largest absolute Gasteiger partial charge is 0.482 e. The predicted octanol–water partition coefficient (Wildman–Crippen LogP) is 1.80. The molecule has 0 aliphatic carbocycles. The molecule has 0 bridgehead atoms. The number of hydrogen-bond donors (Lipinski definition) is 1. The van der Waals surface area contributed by atoms with E-state index in [-0.39, 0.29) is 40.6 Å². The standard InChI is InChI=1S/C18H24ClN3O5S/c1-11-4-12(2)8-22(7-11)18(24)9-21(3)28(25,26)16-6-15-14(5-13(16)19)20-17(23)10-27-15/h5-6,11-12H,4,7-10H2,1-3H3,(H,20,23)/t11-,12-/m1/s1. The summed E-state index contributed by atoms with van der Waals surface area (Å²) in [6.07, 6.45) is 1.05. The van der Waals surface area contributed by atoms with Gasteiger partial charge in [-0.15, -0.1) is 0 Å². The molecule has 1 fully saturated rings. The molecule has 0 saturated carbocycles. The van der Waals surface area contributed by atoms with Crippen LogP contribution in [0.25, 0.3) is 0 Å². The number of halogens is 1. The average Bonchev–Trinajstić information content (AvgIpc) is 2.59. The number of nitrogens with one attached hydrogen (secondary N) is 1. The van der Waals surface area contributed by atoms with Crippen LogP contribution in [-0.4, -0.2) is 62.7 Å². The molecule has 0 spiro atoms. The highest BCUT2D eigenvalue weighted by atomic mass is 35.5. The highest BCUT2D eigenvalue weighted by Crippen LogP contribution is 2.36. The van der Waals surface area contributed by atoms with E-state index in [4.69, 9.17) is 16.3 Å². The van der Waals surface area contributed by atoms with Crippen molar-refractivity contribution < 1.29 is 22.7 Å². The minimum atomic E-state index is -4.02. The zero-order chi connectivity index (χ0) is 20.6. The number of likely N-dealkylation sites (tertiary alicyclic amines) is 1. The summed E-state index contributed by atoms with van der Waals surface area (Å²) in [5, 5.41) is 2.52. The van der Waals surface area contributed by atoms with Crippen LogP contribution in [0.3, 0.4) is 0 Å². The van der Waals surface area contributed by atoms with Gasteiger partial charge in [0.25, 0.3) is 5.91 Å². The van der Waals surface area contributed by atoms with E-state index in [0.717, 1.165) is 10.7 Å². The van der Waals surface area contributed by atoms with Gasteiger partial charge in [-0.3, -0.25) is 9.59 Å². The number of carbonyl (C=O) groups excluding carboxylic acids is 2. The molecular formula is C18H24ClN3O5S. The monoisotopic (exact) mass is 429 g/mol. The number of anilines is 1. The van der Waals surface area contributed by atoms with Crippen molar-refractivity contribution in [2.24, 2.45) is 11.8 Å². The Hall–Kier alpha value is -1.84. The molecule has 1 aromatic carbocycles. The number of carbonyl (C=O) groups is 2. The van der Waals surface area contributed by atoms with Gasteiger partial charge in [-0.05, 0) is 24.3 Å². The third-order valence-electron chi connectivity index (χ3n) is 4.93. The van der Waals surface area contributed by atoms with Crippen molar-refractivity contribution in [3.8, 4) is 5.75 Å². The molecule has 3 rings (SSSR count). The fraction of sp³-hybridized carbons (Fsp3) is 0.556. The second-order valence-corrected chi connectivity index (χ2v) is 10.0. The predicted molar refractivity (Wildman–Crippen MR) is 105 cm³/mol. The summed E-state index contributed by atoms with van der Waals surface area (Å²) in [7, 11) is -2.67. The number of benzene rings is 1. The van der Waals surface area contributed by atoms with Crippen LogP contribution in [0.5, 0.6) is 5.75 Å². The highest BCUT2D eigenvalue weighted by Gasteiger charge is 2.31. The molecule has 2 aliphatic heterocycles. The van der Waals surface area contributed by atoms with Gasteiger partial charge in [-0.25, -0.2) is 8.42 Å². The number of amides is 2. The molecule has 28 heavy (non-hydrogen) atoms. The summed E-state index contributed by atoms with van der Waals surface area (Å²) in [4.78, 5) is 25.6. The van der Waals surface area contributed by atoms with Crippen molar-refractivity contribution >= 4 is 39.1 Å². The third-order valence-corrected chi connectivity index (χ3v) is 7.20. The molecule has 0 radical (unpaired) electrons. The van der Waals surface area contributed by atoms with Crippen molar-refractivity contribution in [2.75, 3.05) is 38.6 Å². The number of ether oxygens (including phenoxy) is 1. The van der Waals surface area contributed by atoms with E-state index in [1.54, 1.807) is 4.90 Å². The van der Waals surface area contributed by atoms with Crippen molar-refractivity contribution in [1.29, 1.82) is 0 Å². The quantitative estimate of drug-likeness (QED) is 0.787. The number of piperidine rings is 1. The molecule has 1 aromatic rings. The first kappa shape index (κ1) is 20.9. The first-order chi connectivity index (χ1) is 13.1. The van der Waals surface area contributed by atoms with Crippen LogP contribution in [0, 0.1) is 11.8 Å². The van der Waals surface area contributed by atoms with Crippen LogP contribution in [0.15, 0.2) is 17.0 Å². The van der Waals surface area contributed by atoms with Gasteiger partial charge in [0, 0.05) is 26.2 Å².